The molecule has 3 N–H and O–H groups in total. The minimum atomic E-state index is 0.180. The molecule has 0 aliphatic carbocycles. The van der Waals surface area contributed by atoms with Gasteiger partial charge in [-0.2, -0.15) is 0 Å². The second kappa shape index (κ2) is 6.91. The number of nitrogens with one attached hydrogen (secondary N) is 1. The molecule has 1 aromatic rings. The van der Waals surface area contributed by atoms with Crippen molar-refractivity contribution in [1.29, 1.82) is 0 Å². The zero-order chi connectivity index (χ0) is 13.6. The van der Waals surface area contributed by atoms with E-state index in [-0.39, 0.29) is 5.41 Å². The summed E-state index contributed by atoms with van der Waals surface area (Å²) < 4.78 is 0. The molecule has 0 bridgehead atoms. The third kappa shape index (κ3) is 4.79. The number of hydrogen-bond donors (Lipinski definition) is 2. The number of nitrogens with two attached hydrogens (primary N) is 1. The summed E-state index contributed by atoms with van der Waals surface area (Å²) in [6.07, 6.45) is 2.25. The quantitative estimate of drug-likeness (QED) is 0.728. The SMILES string of the molecule is Cc1ccccc1C(C)(C)CNCCCC(C)N. The minimum absolute atomic E-state index is 0.180. The van der Waals surface area contributed by atoms with Gasteiger partial charge in [-0.05, 0) is 44.4 Å². The van der Waals surface area contributed by atoms with Crippen LogP contribution in [0.4, 0.5) is 0 Å². The lowest BCUT2D eigenvalue weighted by atomic mass is 9.82. The molecule has 0 radical (unpaired) electrons. The highest BCUT2D eigenvalue weighted by Crippen LogP contribution is 2.25. The second-order valence-electron chi connectivity index (χ2n) is 6.00. The predicted octanol–water partition coefficient (Wildman–Crippen LogP) is 2.99. The molecular formula is C16H28N2. The average Bonchev–Trinajstić information content (AvgIpc) is 2.28. The van der Waals surface area contributed by atoms with E-state index in [0.717, 1.165) is 25.9 Å². The van der Waals surface area contributed by atoms with Crippen LogP contribution in [0.5, 0.6) is 0 Å². The summed E-state index contributed by atoms with van der Waals surface area (Å²) >= 11 is 0. The molecule has 2 heteroatoms. The third-order valence-corrected chi connectivity index (χ3v) is 3.45. The molecule has 0 aliphatic heterocycles. The highest BCUT2D eigenvalue weighted by atomic mass is 14.9. The van der Waals surface area contributed by atoms with Crippen molar-refractivity contribution in [1.82, 2.24) is 5.32 Å². The van der Waals surface area contributed by atoms with Crippen LogP contribution < -0.4 is 11.1 Å². The van der Waals surface area contributed by atoms with E-state index in [1.165, 1.54) is 11.1 Å². The Bertz CT molecular complexity index is 356. The Labute approximate surface area is 112 Å². The number of hydrogen-bond acceptors (Lipinski definition) is 2. The lowest BCUT2D eigenvalue weighted by Gasteiger charge is -2.27. The van der Waals surface area contributed by atoms with Crippen molar-refractivity contribution in [2.24, 2.45) is 5.73 Å². The molecule has 1 aromatic carbocycles. The highest BCUT2D eigenvalue weighted by molar-refractivity contribution is 5.32. The van der Waals surface area contributed by atoms with Crippen LogP contribution >= 0.6 is 0 Å². The van der Waals surface area contributed by atoms with Gasteiger partial charge in [-0.25, -0.2) is 0 Å². The van der Waals surface area contributed by atoms with Gasteiger partial charge in [0, 0.05) is 18.0 Å². The molecule has 0 amide bonds. The zero-order valence-corrected chi connectivity index (χ0v) is 12.3. The highest BCUT2D eigenvalue weighted by Gasteiger charge is 2.21. The van der Waals surface area contributed by atoms with Gasteiger partial charge >= 0.3 is 0 Å². The van der Waals surface area contributed by atoms with Crippen molar-refractivity contribution in [2.45, 2.75) is 52.0 Å². The van der Waals surface area contributed by atoms with Crippen molar-refractivity contribution in [3.8, 4) is 0 Å². The minimum Gasteiger partial charge on any atom is -0.328 e. The molecule has 18 heavy (non-hydrogen) atoms. The van der Waals surface area contributed by atoms with E-state index in [1.807, 2.05) is 0 Å². The maximum atomic E-state index is 5.74. The van der Waals surface area contributed by atoms with Gasteiger partial charge in [0.1, 0.15) is 0 Å². The number of rotatable bonds is 7. The molecule has 0 aromatic heterocycles. The monoisotopic (exact) mass is 248 g/mol. The molecular weight excluding hydrogens is 220 g/mol. The Morgan fingerprint density at radius 2 is 1.94 bits per heavy atom. The van der Waals surface area contributed by atoms with Crippen LogP contribution in [0.15, 0.2) is 24.3 Å². The first-order chi connectivity index (χ1) is 8.43. The normalized spacial score (nSPS) is 13.6. The molecule has 0 saturated carbocycles. The van der Waals surface area contributed by atoms with Crippen molar-refractivity contribution >= 4 is 0 Å². The second-order valence-corrected chi connectivity index (χ2v) is 6.00. The van der Waals surface area contributed by atoms with E-state index < -0.39 is 0 Å². The Hall–Kier alpha value is -0.860. The molecule has 1 atom stereocenters. The van der Waals surface area contributed by atoms with Crippen molar-refractivity contribution < 1.29 is 0 Å². The lowest BCUT2D eigenvalue weighted by Crippen LogP contribution is -2.34. The smallest absolute Gasteiger partial charge is 0.00432 e. The molecule has 1 unspecified atom stereocenters. The van der Waals surface area contributed by atoms with E-state index in [9.17, 15) is 0 Å². The van der Waals surface area contributed by atoms with Gasteiger partial charge < -0.3 is 11.1 Å². The van der Waals surface area contributed by atoms with Crippen LogP contribution in [0.2, 0.25) is 0 Å². The van der Waals surface area contributed by atoms with E-state index in [1.54, 1.807) is 0 Å². The summed E-state index contributed by atoms with van der Waals surface area (Å²) in [4.78, 5) is 0. The molecule has 0 saturated heterocycles. The molecule has 0 heterocycles. The average molecular weight is 248 g/mol. The van der Waals surface area contributed by atoms with E-state index in [4.69, 9.17) is 5.73 Å². The summed E-state index contributed by atoms with van der Waals surface area (Å²) in [6.45, 7) is 10.9. The van der Waals surface area contributed by atoms with Crippen molar-refractivity contribution in [3.05, 3.63) is 35.4 Å². The fourth-order valence-electron chi connectivity index (χ4n) is 2.38. The Balaban J connectivity index is 2.43. The Morgan fingerprint density at radius 3 is 2.56 bits per heavy atom. The summed E-state index contributed by atoms with van der Waals surface area (Å²) in [7, 11) is 0. The van der Waals surface area contributed by atoms with Gasteiger partial charge in [0.25, 0.3) is 0 Å². The van der Waals surface area contributed by atoms with E-state index >= 15 is 0 Å². The van der Waals surface area contributed by atoms with Crippen LogP contribution in [0.3, 0.4) is 0 Å². The Morgan fingerprint density at radius 1 is 1.28 bits per heavy atom. The molecule has 1 rings (SSSR count). The van der Waals surface area contributed by atoms with Gasteiger partial charge in [-0.15, -0.1) is 0 Å². The first-order valence-corrected chi connectivity index (χ1v) is 6.96. The van der Waals surface area contributed by atoms with Gasteiger partial charge in [0.15, 0.2) is 0 Å². The van der Waals surface area contributed by atoms with Crippen LogP contribution in [0, 0.1) is 6.92 Å². The Kier molecular flexibility index (Phi) is 5.83. The number of benzene rings is 1. The summed E-state index contributed by atoms with van der Waals surface area (Å²) in [6, 6.07) is 8.97. The lowest BCUT2D eigenvalue weighted by molar-refractivity contribution is 0.457. The van der Waals surface area contributed by atoms with Gasteiger partial charge in [-0.1, -0.05) is 38.1 Å². The van der Waals surface area contributed by atoms with E-state index in [2.05, 4.69) is 57.3 Å². The van der Waals surface area contributed by atoms with E-state index in [0.29, 0.717) is 6.04 Å². The first-order valence-electron chi connectivity index (χ1n) is 6.96. The van der Waals surface area contributed by atoms with Gasteiger partial charge in [-0.3, -0.25) is 0 Å². The van der Waals surface area contributed by atoms with Crippen LogP contribution in [-0.4, -0.2) is 19.1 Å². The maximum Gasteiger partial charge on any atom is 0.00432 e. The summed E-state index contributed by atoms with van der Waals surface area (Å²) in [5.41, 5.74) is 8.73. The first kappa shape index (κ1) is 15.2. The van der Waals surface area contributed by atoms with Gasteiger partial charge in [0.2, 0.25) is 0 Å². The predicted molar refractivity (Wildman–Crippen MR) is 80.0 cm³/mol. The standard InChI is InChI=1S/C16H28N2/c1-13-8-5-6-10-15(13)16(3,4)12-18-11-7-9-14(2)17/h5-6,8,10,14,18H,7,9,11-12,17H2,1-4H3. The molecule has 2 nitrogen and oxygen atoms in total. The topological polar surface area (TPSA) is 38.0 Å². The fraction of sp³-hybridized carbons (Fsp3) is 0.625. The molecule has 0 aliphatic rings. The third-order valence-electron chi connectivity index (χ3n) is 3.45. The van der Waals surface area contributed by atoms with Gasteiger partial charge in [0.05, 0.1) is 0 Å². The van der Waals surface area contributed by atoms with Crippen LogP contribution in [0.1, 0.15) is 44.7 Å². The molecule has 102 valence electrons. The largest absolute Gasteiger partial charge is 0.328 e. The number of aryl methyl sites for hydroxylation is 1. The summed E-state index contributed by atoms with van der Waals surface area (Å²) in [5, 5.41) is 3.55. The van der Waals surface area contributed by atoms with Crippen molar-refractivity contribution in [2.75, 3.05) is 13.1 Å². The maximum absolute atomic E-state index is 5.74. The van der Waals surface area contributed by atoms with Crippen LogP contribution in [-0.2, 0) is 5.41 Å². The van der Waals surface area contributed by atoms with Crippen molar-refractivity contribution in [3.63, 3.8) is 0 Å². The summed E-state index contributed by atoms with van der Waals surface area (Å²) in [5.74, 6) is 0. The fourth-order valence-corrected chi connectivity index (χ4v) is 2.38. The van der Waals surface area contributed by atoms with Crippen LogP contribution in [0.25, 0.3) is 0 Å². The zero-order valence-electron chi connectivity index (χ0n) is 12.3. The molecule has 0 fully saturated rings. The molecule has 0 spiro atoms.